The van der Waals surface area contributed by atoms with Crippen molar-refractivity contribution in [3.8, 4) is 0 Å². The van der Waals surface area contributed by atoms with E-state index < -0.39 is 0 Å². The summed E-state index contributed by atoms with van der Waals surface area (Å²) in [4.78, 5) is 0. The lowest BCUT2D eigenvalue weighted by Gasteiger charge is -1.96. The molecule has 0 nitrogen and oxygen atoms in total. The molecular formula is C11H15Si. The first-order valence-corrected chi connectivity index (χ1v) is 5.96. The Balaban J connectivity index is 2.68. The van der Waals surface area contributed by atoms with Crippen molar-refractivity contribution in [2.45, 2.75) is 26.3 Å². The fourth-order valence-corrected chi connectivity index (χ4v) is 2.18. The van der Waals surface area contributed by atoms with E-state index in [9.17, 15) is 0 Å². The average molecular weight is 175 g/mol. The number of hydrogen-bond donors (Lipinski definition) is 0. The van der Waals surface area contributed by atoms with Crippen LogP contribution in [-0.4, -0.2) is 14.8 Å². The zero-order valence-electron chi connectivity index (χ0n) is 7.80. The molecule has 0 aromatic heterocycles. The van der Waals surface area contributed by atoms with E-state index >= 15 is 0 Å². The van der Waals surface area contributed by atoms with E-state index in [0.717, 1.165) is 0 Å². The van der Waals surface area contributed by atoms with Gasteiger partial charge in [0.25, 0.3) is 0 Å². The Morgan fingerprint density at radius 3 is 3.08 bits per heavy atom. The highest BCUT2D eigenvalue weighted by Crippen LogP contribution is 2.01. The molecule has 0 aliphatic rings. The van der Waals surface area contributed by atoms with Gasteiger partial charge in [-0.3, -0.25) is 0 Å². The van der Waals surface area contributed by atoms with E-state index in [4.69, 9.17) is 0 Å². The summed E-state index contributed by atoms with van der Waals surface area (Å²) in [6, 6.07) is 10.8. The summed E-state index contributed by atoms with van der Waals surface area (Å²) in [6.07, 6.45) is 1.30. The Bertz CT molecular complexity index is 263. The molecule has 0 N–H and O–H groups in total. The number of aryl methyl sites for hydroxylation is 1. The Morgan fingerprint density at radius 2 is 2.42 bits per heavy atom. The van der Waals surface area contributed by atoms with Gasteiger partial charge in [0.2, 0.25) is 0 Å². The maximum atomic E-state index is 3.26. The summed E-state index contributed by atoms with van der Waals surface area (Å²) in [5.74, 6) is 0. The number of hydrogen-bond acceptors (Lipinski definition) is 0. The minimum atomic E-state index is 0.493. The number of benzene rings is 1. The quantitative estimate of drug-likeness (QED) is 0.618. The first-order valence-electron chi connectivity index (χ1n) is 4.48. The summed E-state index contributed by atoms with van der Waals surface area (Å²) >= 11 is 0. The summed E-state index contributed by atoms with van der Waals surface area (Å²) in [5.41, 5.74) is 5.01. The van der Waals surface area contributed by atoms with E-state index in [1.54, 1.807) is 0 Å². The molecule has 63 valence electrons. The van der Waals surface area contributed by atoms with Crippen LogP contribution in [0.5, 0.6) is 0 Å². The lowest BCUT2D eigenvalue weighted by Crippen LogP contribution is -1.90. The van der Waals surface area contributed by atoms with Gasteiger partial charge in [-0.1, -0.05) is 37.2 Å². The van der Waals surface area contributed by atoms with Crippen LogP contribution in [0.1, 0.15) is 24.5 Å². The van der Waals surface area contributed by atoms with Crippen LogP contribution in [-0.2, 0) is 0 Å². The van der Waals surface area contributed by atoms with Crippen molar-refractivity contribution in [3.63, 3.8) is 0 Å². The standard InChI is InChI=1S/C11H15Si/c1-3-8-12-9-11-7-5-4-6-10(11)2/h4-6,9,12H,3,8H2,1-2H3. The molecule has 1 rings (SSSR count). The minimum absolute atomic E-state index is 0.493. The van der Waals surface area contributed by atoms with Crippen molar-refractivity contribution < 1.29 is 0 Å². The largest absolute Gasteiger partial charge is 0.0771 e. The highest BCUT2D eigenvalue weighted by atomic mass is 28.2. The monoisotopic (exact) mass is 175 g/mol. The van der Waals surface area contributed by atoms with Gasteiger partial charge in [-0.05, 0) is 39.3 Å². The van der Waals surface area contributed by atoms with Crippen molar-refractivity contribution in [1.29, 1.82) is 0 Å². The zero-order chi connectivity index (χ0) is 8.81. The van der Waals surface area contributed by atoms with Gasteiger partial charge in [-0.25, -0.2) is 0 Å². The molecule has 1 aromatic carbocycles. The zero-order valence-corrected chi connectivity index (χ0v) is 8.96. The first-order chi connectivity index (χ1) is 5.84. The second kappa shape index (κ2) is 5.04. The third-order valence-electron chi connectivity index (χ3n) is 1.85. The lowest BCUT2D eigenvalue weighted by atomic mass is 10.1. The van der Waals surface area contributed by atoms with Crippen LogP contribution < -0.4 is 0 Å². The summed E-state index contributed by atoms with van der Waals surface area (Å²) in [6.45, 7) is 4.39. The second-order valence-electron chi connectivity index (χ2n) is 2.96. The molecule has 0 saturated carbocycles. The van der Waals surface area contributed by atoms with E-state index in [1.165, 1.54) is 23.6 Å². The van der Waals surface area contributed by atoms with Gasteiger partial charge >= 0.3 is 0 Å². The van der Waals surface area contributed by atoms with Gasteiger partial charge in [0.1, 0.15) is 0 Å². The van der Waals surface area contributed by atoms with Crippen molar-refractivity contribution in [3.05, 3.63) is 35.4 Å². The van der Waals surface area contributed by atoms with Gasteiger partial charge < -0.3 is 0 Å². The van der Waals surface area contributed by atoms with Gasteiger partial charge in [0, 0.05) is 0 Å². The summed E-state index contributed by atoms with van der Waals surface area (Å²) in [7, 11) is 0.493. The normalized spacial score (nSPS) is 10.8. The van der Waals surface area contributed by atoms with E-state index in [0.29, 0.717) is 9.13 Å². The maximum absolute atomic E-state index is 3.26. The second-order valence-corrected chi connectivity index (χ2v) is 4.34. The van der Waals surface area contributed by atoms with E-state index in [1.807, 2.05) is 12.1 Å². The lowest BCUT2D eigenvalue weighted by molar-refractivity contribution is 1.08. The summed E-state index contributed by atoms with van der Waals surface area (Å²) < 4.78 is 0. The molecule has 0 aliphatic heterocycles. The van der Waals surface area contributed by atoms with Crippen LogP contribution in [0.25, 0.3) is 0 Å². The fourth-order valence-electron chi connectivity index (χ4n) is 1.08. The highest BCUT2D eigenvalue weighted by molar-refractivity contribution is 6.50. The molecule has 0 bridgehead atoms. The Labute approximate surface area is 77.1 Å². The van der Waals surface area contributed by atoms with Crippen molar-refractivity contribution >= 4 is 14.8 Å². The molecule has 0 aliphatic carbocycles. The minimum Gasteiger partial charge on any atom is -0.0771 e. The van der Waals surface area contributed by atoms with Crippen LogP contribution in [0, 0.1) is 13.0 Å². The van der Waals surface area contributed by atoms with Gasteiger partial charge in [-0.2, -0.15) is 0 Å². The Kier molecular flexibility index (Phi) is 3.95. The van der Waals surface area contributed by atoms with Crippen LogP contribution in [0.4, 0.5) is 0 Å². The Morgan fingerprint density at radius 1 is 1.58 bits per heavy atom. The molecule has 1 heteroatoms. The number of rotatable bonds is 3. The molecule has 1 radical (unpaired) electrons. The molecule has 0 fully saturated rings. The van der Waals surface area contributed by atoms with Crippen LogP contribution in [0.3, 0.4) is 0 Å². The predicted octanol–water partition coefficient (Wildman–Crippen LogP) is 2.21. The molecule has 12 heavy (non-hydrogen) atoms. The van der Waals surface area contributed by atoms with Crippen LogP contribution in [0.2, 0.25) is 6.04 Å². The Hall–Kier alpha value is -0.693. The van der Waals surface area contributed by atoms with Crippen molar-refractivity contribution in [2.75, 3.05) is 0 Å². The molecule has 0 spiro atoms. The first kappa shape index (κ1) is 9.40. The van der Waals surface area contributed by atoms with Crippen molar-refractivity contribution in [1.82, 2.24) is 0 Å². The molecule has 0 amide bonds. The van der Waals surface area contributed by atoms with Crippen molar-refractivity contribution in [2.24, 2.45) is 0 Å². The summed E-state index contributed by atoms with van der Waals surface area (Å²) in [5, 5.41) is 0. The fraction of sp³-hybridized carbons (Fsp3) is 0.364. The molecule has 0 unspecified atom stereocenters. The highest BCUT2D eigenvalue weighted by Gasteiger charge is 1.89. The van der Waals surface area contributed by atoms with Gasteiger partial charge in [-0.15, -0.1) is 0 Å². The topological polar surface area (TPSA) is 0 Å². The smallest absolute Gasteiger partial charge is 0.00602 e. The molecule has 0 atom stereocenters. The molecule has 0 heterocycles. The molecule has 1 aromatic rings. The average Bonchev–Trinajstić information content (AvgIpc) is 2.09. The van der Waals surface area contributed by atoms with Gasteiger partial charge in [0.15, 0.2) is 0 Å². The third kappa shape index (κ3) is 2.74. The molecule has 0 saturated heterocycles. The molecular weight excluding hydrogens is 160 g/mol. The van der Waals surface area contributed by atoms with Crippen LogP contribution >= 0.6 is 0 Å². The van der Waals surface area contributed by atoms with E-state index in [2.05, 4.69) is 31.7 Å². The SMILES string of the molecule is CCC[SiH]=Cc1[c]cccc1C. The maximum Gasteiger partial charge on any atom is -0.00602 e. The van der Waals surface area contributed by atoms with Gasteiger partial charge in [0.05, 0.1) is 0 Å². The van der Waals surface area contributed by atoms with E-state index in [-0.39, 0.29) is 0 Å². The third-order valence-corrected chi connectivity index (χ3v) is 3.33. The van der Waals surface area contributed by atoms with Crippen LogP contribution in [0.15, 0.2) is 18.2 Å². The predicted molar refractivity (Wildman–Crippen MR) is 57.4 cm³/mol.